The van der Waals surface area contributed by atoms with Gasteiger partial charge in [0.25, 0.3) is 0 Å². The first-order valence-electron chi connectivity index (χ1n) is 7.14. The zero-order valence-electron chi connectivity index (χ0n) is 11.0. The molecule has 2 heterocycles. The standard InChI is InChI=1S/C15H19NO3/c16-11-8-15(4-2-1-3-5-15)19-12-7-14-13(6-10(11)12)17-9-18-14/h6-7,11H,1-5,8-9,16H2. The van der Waals surface area contributed by atoms with Crippen LogP contribution in [-0.2, 0) is 0 Å². The Morgan fingerprint density at radius 3 is 2.53 bits per heavy atom. The smallest absolute Gasteiger partial charge is 0.231 e. The Hall–Kier alpha value is -1.42. The van der Waals surface area contributed by atoms with Crippen molar-refractivity contribution in [2.45, 2.75) is 50.2 Å². The van der Waals surface area contributed by atoms with E-state index in [2.05, 4.69) is 0 Å². The van der Waals surface area contributed by atoms with Gasteiger partial charge in [-0.25, -0.2) is 0 Å². The summed E-state index contributed by atoms with van der Waals surface area (Å²) < 4.78 is 17.2. The van der Waals surface area contributed by atoms with Crippen molar-refractivity contribution in [2.75, 3.05) is 6.79 Å². The van der Waals surface area contributed by atoms with Gasteiger partial charge < -0.3 is 19.9 Å². The molecule has 1 aromatic rings. The minimum Gasteiger partial charge on any atom is -0.487 e. The third kappa shape index (κ3) is 1.77. The molecule has 19 heavy (non-hydrogen) atoms. The number of benzene rings is 1. The van der Waals surface area contributed by atoms with Gasteiger partial charge in [0.15, 0.2) is 11.5 Å². The fourth-order valence-corrected chi connectivity index (χ4v) is 3.61. The Balaban J connectivity index is 1.73. The molecule has 0 saturated heterocycles. The minimum absolute atomic E-state index is 0.0383. The lowest BCUT2D eigenvalue weighted by atomic mass is 9.77. The summed E-state index contributed by atoms with van der Waals surface area (Å²) in [5.41, 5.74) is 7.38. The van der Waals surface area contributed by atoms with Crippen LogP contribution in [0.2, 0.25) is 0 Å². The summed E-state index contributed by atoms with van der Waals surface area (Å²) in [7, 11) is 0. The Bertz CT molecular complexity index is 508. The van der Waals surface area contributed by atoms with Crippen LogP contribution in [0.3, 0.4) is 0 Å². The van der Waals surface area contributed by atoms with Gasteiger partial charge in [0.2, 0.25) is 6.79 Å². The molecule has 4 nitrogen and oxygen atoms in total. The molecule has 0 aromatic heterocycles. The van der Waals surface area contributed by atoms with E-state index in [4.69, 9.17) is 19.9 Å². The van der Waals surface area contributed by atoms with Crippen molar-refractivity contribution in [1.82, 2.24) is 0 Å². The van der Waals surface area contributed by atoms with Crippen LogP contribution in [0.4, 0.5) is 0 Å². The third-order valence-corrected chi connectivity index (χ3v) is 4.59. The molecule has 2 aliphatic heterocycles. The van der Waals surface area contributed by atoms with E-state index in [0.717, 1.165) is 42.1 Å². The highest BCUT2D eigenvalue weighted by Crippen LogP contribution is 2.49. The SMILES string of the molecule is NC1CC2(CCCCC2)Oc2cc3c(cc21)OCO3. The lowest BCUT2D eigenvalue weighted by Crippen LogP contribution is -2.44. The molecule has 1 aromatic carbocycles. The van der Waals surface area contributed by atoms with Gasteiger partial charge >= 0.3 is 0 Å². The first-order valence-corrected chi connectivity index (χ1v) is 7.14. The van der Waals surface area contributed by atoms with Crippen molar-refractivity contribution in [3.63, 3.8) is 0 Å². The minimum atomic E-state index is -0.0433. The van der Waals surface area contributed by atoms with E-state index in [-0.39, 0.29) is 11.6 Å². The predicted octanol–water partition coefficient (Wildman–Crippen LogP) is 2.90. The maximum atomic E-state index is 6.37. The second-order valence-corrected chi connectivity index (χ2v) is 5.90. The van der Waals surface area contributed by atoms with Gasteiger partial charge in [-0.3, -0.25) is 0 Å². The largest absolute Gasteiger partial charge is 0.487 e. The predicted molar refractivity (Wildman–Crippen MR) is 70.6 cm³/mol. The molecule has 102 valence electrons. The summed E-state index contributed by atoms with van der Waals surface area (Å²) in [6, 6.07) is 3.97. The molecular formula is C15H19NO3. The zero-order valence-corrected chi connectivity index (χ0v) is 11.0. The van der Waals surface area contributed by atoms with E-state index in [9.17, 15) is 0 Å². The Morgan fingerprint density at radius 2 is 1.74 bits per heavy atom. The number of hydrogen-bond donors (Lipinski definition) is 1. The van der Waals surface area contributed by atoms with Crippen molar-refractivity contribution in [2.24, 2.45) is 5.73 Å². The second kappa shape index (κ2) is 4.04. The maximum Gasteiger partial charge on any atom is 0.231 e. The Labute approximate surface area is 112 Å². The van der Waals surface area contributed by atoms with E-state index in [0.29, 0.717) is 6.79 Å². The lowest BCUT2D eigenvalue weighted by Gasteiger charge is -2.43. The molecular weight excluding hydrogens is 242 g/mol. The molecule has 0 bridgehead atoms. The fraction of sp³-hybridized carbons (Fsp3) is 0.600. The number of hydrogen-bond acceptors (Lipinski definition) is 4. The molecule has 4 heteroatoms. The summed E-state index contributed by atoms with van der Waals surface area (Å²) >= 11 is 0. The van der Waals surface area contributed by atoms with Gasteiger partial charge in [0.1, 0.15) is 11.4 Å². The molecule has 1 fully saturated rings. The molecule has 0 amide bonds. The molecule has 4 rings (SSSR count). The fourth-order valence-electron chi connectivity index (χ4n) is 3.61. The summed E-state index contributed by atoms with van der Waals surface area (Å²) in [6.45, 7) is 0.290. The quantitative estimate of drug-likeness (QED) is 0.780. The zero-order chi connectivity index (χ0) is 12.9. The van der Waals surface area contributed by atoms with E-state index < -0.39 is 0 Å². The van der Waals surface area contributed by atoms with Crippen LogP contribution in [0.25, 0.3) is 0 Å². The normalized spacial score (nSPS) is 26.9. The van der Waals surface area contributed by atoms with Crippen LogP contribution < -0.4 is 19.9 Å². The molecule has 1 unspecified atom stereocenters. The summed E-state index contributed by atoms with van der Waals surface area (Å²) in [5.74, 6) is 2.46. The number of rotatable bonds is 0. The van der Waals surface area contributed by atoms with Crippen LogP contribution in [-0.4, -0.2) is 12.4 Å². The summed E-state index contributed by atoms with van der Waals surface area (Å²) in [5, 5.41) is 0. The van der Waals surface area contributed by atoms with Crippen molar-refractivity contribution in [3.8, 4) is 17.2 Å². The summed E-state index contributed by atoms with van der Waals surface area (Å²) in [4.78, 5) is 0. The van der Waals surface area contributed by atoms with Gasteiger partial charge in [-0.05, 0) is 31.7 Å². The van der Waals surface area contributed by atoms with Gasteiger partial charge in [-0.1, -0.05) is 6.42 Å². The highest BCUT2D eigenvalue weighted by Gasteiger charge is 2.41. The van der Waals surface area contributed by atoms with Gasteiger partial charge in [-0.15, -0.1) is 0 Å². The first-order chi connectivity index (χ1) is 9.26. The number of ether oxygens (including phenoxy) is 3. The van der Waals surface area contributed by atoms with Crippen molar-refractivity contribution < 1.29 is 14.2 Å². The first kappa shape index (κ1) is 11.4. The van der Waals surface area contributed by atoms with Crippen molar-refractivity contribution in [1.29, 1.82) is 0 Å². The second-order valence-electron chi connectivity index (χ2n) is 5.90. The van der Waals surface area contributed by atoms with Gasteiger partial charge in [0, 0.05) is 24.1 Å². The highest BCUT2D eigenvalue weighted by molar-refractivity contribution is 5.54. The van der Waals surface area contributed by atoms with Gasteiger partial charge in [0.05, 0.1) is 0 Å². The van der Waals surface area contributed by atoms with E-state index in [1.807, 2.05) is 12.1 Å². The summed E-state index contributed by atoms with van der Waals surface area (Å²) in [6.07, 6.45) is 6.95. The average Bonchev–Trinajstić information content (AvgIpc) is 2.85. The molecule has 1 atom stereocenters. The van der Waals surface area contributed by atoms with E-state index in [1.54, 1.807) is 0 Å². The topological polar surface area (TPSA) is 53.7 Å². The van der Waals surface area contributed by atoms with E-state index >= 15 is 0 Å². The van der Waals surface area contributed by atoms with Crippen LogP contribution >= 0.6 is 0 Å². The lowest BCUT2D eigenvalue weighted by molar-refractivity contribution is 0.00181. The maximum absolute atomic E-state index is 6.37. The van der Waals surface area contributed by atoms with Crippen molar-refractivity contribution in [3.05, 3.63) is 17.7 Å². The van der Waals surface area contributed by atoms with E-state index in [1.165, 1.54) is 19.3 Å². The number of nitrogens with two attached hydrogens (primary N) is 1. The highest BCUT2D eigenvalue weighted by atomic mass is 16.7. The van der Waals surface area contributed by atoms with Crippen LogP contribution in [0.1, 0.15) is 50.1 Å². The third-order valence-electron chi connectivity index (χ3n) is 4.59. The molecule has 3 aliphatic rings. The van der Waals surface area contributed by atoms with Crippen LogP contribution in [0.5, 0.6) is 17.2 Å². The van der Waals surface area contributed by atoms with Crippen LogP contribution in [0, 0.1) is 0 Å². The molecule has 1 aliphatic carbocycles. The molecule has 0 radical (unpaired) electrons. The average molecular weight is 261 g/mol. The Kier molecular flexibility index (Phi) is 2.42. The monoisotopic (exact) mass is 261 g/mol. The van der Waals surface area contributed by atoms with Gasteiger partial charge in [-0.2, -0.15) is 0 Å². The molecule has 1 spiro atoms. The van der Waals surface area contributed by atoms with Crippen molar-refractivity contribution >= 4 is 0 Å². The number of fused-ring (bicyclic) bond motifs is 2. The Morgan fingerprint density at radius 1 is 1.00 bits per heavy atom. The molecule has 2 N–H and O–H groups in total. The van der Waals surface area contributed by atoms with Crippen LogP contribution in [0.15, 0.2) is 12.1 Å². The molecule has 1 saturated carbocycles.